The molecule has 14 heteroatoms. The van der Waals surface area contributed by atoms with Crippen molar-refractivity contribution >= 4 is 35.6 Å². The van der Waals surface area contributed by atoms with Gasteiger partial charge in [-0.1, -0.05) is 0 Å². The van der Waals surface area contributed by atoms with E-state index >= 15 is 0 Å². The van der Waals surface area contributed by atoms with E-state index in [0.29, 0.717) is 19.4 Å². The second-order valence-electron chi connectivity index (χ2n) is 6.66. The van der Waals surface area contributed by atoms with Crippen molar-refractivity contribution in [3.63, 3.8) is 0 Å². The van der Waals surface area contributed by atoms with E-state index in [4.69, 9.17) is 26.8 Å². The zero-order valence-electron chi connectivity index (χ0n) is 16.8. The Labute approximate surface area is 177 Å². The van der Waals surface area contributed by atoms with Crippen LogP contribution in [0.1, 0.15) is 38.5 Å². The highest BCUT2D eigenvalue weighted by molar-refractivity contribution is 5.93. The molecule has 0 bridgehead atoms. The topological polar surface area (TPSA) is 251 Å². The van der Waals surface area contributed by atoms with Crippen LogP contribution in [0.5, 0.6) is 0 Å². The molecule has 3 atom stereocenters. The molecule has 0 radical (unpaired) electrons. The van der Waals surface area contributed by atoms with Gasteiger partial charge in [0.15, 0.2) is 0 Å². The standard InChI is InChI=1S/C17H29N5O9/c18-6-2-1-3-10(16(29)22-11(17(30)31)4-5-13(24)25)21-12(23)8-20-15(28)9(19)7-14(26)27/h9-11H,1-8,18-19H2,(H,20,28)(H,21,23)(H,22,29)(H,24,25)(H,26,27)(H,30,31). The lowest BCUT2D eigenvalue weighted by atomic mass is 10.1. The van der Waals surface area contributed by atoms with Crippen molar-refractivity contribution in [2.24, 2.45) is 11.5 Å². The average molecular weight is 447 g/mol. The van der Waals surface area contributed by atoms with E-state index in [9.17, 15) is 28.8 Å². The second-order valence-corrected chi connectivity index (χ2v) is 6.66. The summed E-state index contributed by atoms with van der Waals surface area (Å²) in [6.45, 7) is -0.260. The van der Waals surface area contributed by atoms with E-state index < -0.39 is 73.1 Å². The Morgan fingerprint density at radius 2 is 1.45 bits per heavy atom. The summed E-state index contributed by atoms with van der Waals surface area (Å²) in [6, 6.07) is -3.99. The summed E-state index contributed by atoms with van der Waals surface area (Å²) in [6.07, 6.45) is -0.391. The van der Waals surface area contributed by atoms with Crippen LogP contribution < -0.4 is 27.4 Å². The van der Waals surface area contributed by atoms with Crippen molar-refractivity contribution in [1.82, 2.24) is 16.0 Å². The first kappa shape index (κ1) is 27.7. The molecule has 0 aromatic carbocycles. The fourth-order valence-corrected chi connectivity index (χ4v) is 2.38. The number of rotatable bonds is 16. The molecular weight excluding hydrogens is 418 g/mol. The Kier molecular flexibility index (Phi) is 13.1. The third-order valence-electron chi connectivity index (χ3n) is 4.01. The smallest absolute Gasteiger partial charge is 0.326 e. The van der Waals surface area contributed by atoms with E-state index in [1.165, 1.54) is 0 Å². The summed E-state index contributed by atoms with van der Waals surface area (Å²) in [5.41, 5.74) is 10.8. The number of hydrogen-bond donors (Lipinski definition) is 8. The number of nitrogens with one attached hydrogen (secondary N) is 3. The molecular formula is C17H29N5O9. The van der Waals surface area contributed by atoms with Gasteiger partial charge in [-0.25, -0.2) is 4.79 Å². The van der Waals surface area contributed by atoms with E-state index in [2.05, 4.69) is 16.0 Å². The molecule has 14 nitrogen and oxygen atoms in total. The third-order valence-corrected chi connectivity index (χ3v) is 4.01. The predicted molar refractivity (Wildman–Crippen MR) is 105 cm³/mol. The molecule has 0 aliphatic rings. The molecule has 0 rings (SSSR count). The minimum Gasteiger partial charge on any atom is -0.481 e. The lowest BCUT2D eigenvalue weighted by molar-refractivity contribution is -0.143. The molecule has 0 heterocycles. The average Bonchev–Trinajstić information content (AvgIpc) is 2.67. The zero-order chi connectivity index (χ0) is 24.0. The first-order valence-corrected chi connectivity index (χ1v) is 9.47. The van der Waals surface area contributed by atoms with Crippen LogP contribution in [0.3, 0.4) is 0 Å². The quantitative estimate of drug-likeness (QED) is 0.110. The van der Waals surface area contributed by atoms with Crippen molar-refractivity contribution in [2.75, 3.05) is 13.1 Å². The molecule has 3 amide bonds. The van der Waals surface area contributed by atoms with Crippen molar-refractivity contribution in [3.05, 3.63) is 0 Å². The van der Waals surface area contributed by atoms with Crippen molar-refractivity contribution in [1.29, 1.82) is 0 Å². The minimum atomic E-state index is -1.47. The highest BCUT2D eigenvalue weighted by Gasteiger charge is 2.27. The summed E-state index contributed by atoms with van der Waals surface area (Å²) >= 11 is 0. The Morgan fingerprint density at radius 3 is 1.97 bits per heavy atom. The number of hydrogen-bond acceptors (Lipinski definition) is 8. The molecule has 31 heavy (non-hydrogen) atoms. The Bertz CT molecular complexity index is 670. The maximum atomic E-state index is 12.5. The summed E-state index contributed by atoms with van der Waals surface area (Å²) in [5.74, 6) is -6.45. The molecule has 176 valence electrons. The van der Waals surface area contributed by atoms with Gasteiger partial charge in [-0.3, -0.25) is 24.0 Å². The van der Waals surface area contributed by atoms with Crippen LogP contribution in [-0.4, -0.2) is 82.2 Å². The summed E-state index contributed by atoms with van der Waals surface area (Å²) in [4.78, 5) is 68.7. The maximum absolute atomic E-state index is 12.5. The van der Waals surface area contributed by atoms with Crippen LogP contribution in [0.15, 0.2) is 0 Å². The van der Waals surface area contributed by atoms with Crippen LogP contribution in [0.25, 0.3) is 0 Å². The van der Waals surface area contributed by atoms with E-state index in [1.807, 2.05) is 0 Å². The minimum absolute atomic E-state index is 0.118. The third kappa shape index (κ3) is 12.8. The van der Waals surface area contributed by atoms with E-state index in [-0.39, 0.29) is 12.8 Å². The Hall–Kier alpha value is -3.26. The van der Waals surface area contributed by atoms with E-state index in [0.717, 1.165) is 0 Å². The van der Waals surface area contributed by atoms with Gasteiger partial charge < -0.3 is 42.7 Å². The molecule has 0 aliphatic carbocycles. The number of carboxylic acids is 3. The monoisotopic (exact) mass is 447 g/mol. The first-order valence-electron chi connectivity index (χ1n) is 9.47. The number of nitrogens with two attached hydrogens (primary N) is 2. The molecule has 0 saturated heterocycles. The molecule has 10 N–H and O–H groups in total. The van der Waals surface area contributed by atoms with Gasteiger partial charge in [0.25, 0.3) is 0 Å². The van der Waals surface area contributed by atoms with Crippen LogP contribution >= 0.6 is 0 Å². The fourth-order valence-electron chi connectivity index (χ4n) is 2.38. The van der Waals surface area contributed by atoms with Gasteiger partial charge in [-0.05, 0) is 32.2 Å². The number of aliphatic carboxylic acids is 3. The lowest BCUT2D eigenvalue weighted by Crippen LogP contribution is -2.53. The molecule has 0 spiro atoms. The fraction of sp³-hybridized carbons (Fsp3) is 0.647. The number of carbonyl (C=O) groups is 6. The summed E-state index contributed by atoms with van der Waals surface area (Å²) in [5, 5.41) is 33.1. The van der Waals surface area contributed by atoms with Crippen molar-refractivity contribution < 1.29 is 44.1 Å². The van der Waals surface area contributed by atoms with Crippen molar-refractivity contribution in [3.8, 4) is 0 Å². The summed E-state index contributed by atoms with van der Waals surface area (Å²) in [7, 11) is 0. The van der Waals surface area contributed by atoms with E-state index in [1.54, 1.807) is 0 Å². The van der Waals surface area contributed by atoms with Gasteiger partial charge >= 0.3 is 17.9 Å². The number of amides is 3. The van der Waals surface area contributed by atoms with Crippen LogP contribution in [0.4, 0.5) is 0 Å². The summed E-state index contributed by atoms with van der Waals surface area (Å²) < 4.78 is 0. The largest absolute Gasteiger partial charge is 0.481 e. The molecule has 0 aromatic rings. The predicted octanol–water partition coefficient (Wildman–Crippen LogP) is -3.05. The van der Waals surface area contributed by atoms with Gasteiger partial charge in [0, 0.05) is 6.42 Å². The van der Waals surface area contributed by atoms with Gasteiger partial charge in [0.05, 0.1) is 19.0 Å². The highest BCUT2D eigenvalue weighted by atomic mass is 16.4. The lowest BCUT2D eigenvalue weighted by Gasteiger charge is -2.21. The van der Waals surface area contributed by atoms with Gasteiger partial charge in [0.1, 0.15) is 12.1 Å². The van der Waals surface area contributed by atoms with Crippen LogP contribution in [0, 0.1) is 0 Å². The zero-order valence-corrected chi connectivity index (χ0v) is 16.8. The Balaban J connectivity index is 4.94. The SMILES string of the molecule is NCCCCC(NC(=O)CNC(=O)C(N)CC(=O)O)C(=O)NC(CCC(=O)O)C(=O)O. The normalized spacial score (nSPS) is 13.4. The van der Waals surface area contributed by atoms with Crippen LogP contribution in [-0.2, 0) is 28.8 Å². The van der Waals surface area contributed by atoms with Crippen molar-refractivity contribution in [2.45, 2.75) is 56.7 Å². The highest BCUT2D eigenvalue weighted by Crippen LogP contribution is 2.04. The Morgan fingerprint density at radius 1 is 0.806 bits per heavy atom. The van der Waals surface area contributed by atoms with Gasteiger partial charge in [-0.2, -0.15) is 0 Å². The molecule has 0 aromatic heterocycles. The van der Waals surface area contributed by atoms with Crippen LogP contribution in [0.2, 0.25) is 0 Å². The second kappa shape index (κ2) is 14.7. The number of carboxylic acid groups (broad SMARTS) is 3. The first-order chi connectivity index (χ1) is 14.5. The number of carbonyl (C=O) groups excluding carboxylic acids is 3. The molecule has 3 unspecified atom stereocenters. The molecule has 0 fully saturated rings. The van der Waals surface area contributed by atoms with Gasteiger partial charge in [-0.15, -0.1) is 0 Å². The maximum Gasteiger partial charge on any atom is 0.326 e. The molecule has 0 aliphatic heterocycles. The van der Waals surface area contributed by atoms with Gasteiger partial charge in [0.2, 0.25) is 17.7 Å². The molecule has 0 saturated carbocycles. The number of unbranched alkanes of at least 4 members (excludes halogenated alkanes) is 1.